The Morgan fingerprint density at radius 1 is 1.25 bits per heavy atom. The quantitative estimate of drug-likeness (QED) is 0.747. The van der Waals surface area contributed by atoms with Crippen molar-refractivity contribution in [2.45, 2.75) is 45.1 Å². The van der Waals surface area contributed by atoms with E-state index in [4.69, 9.17) is 5.73 Å². The number of nitrogens with two attached hydrogens (primary N) is 1. The molecular weight excluding hydrogens is 198 g/mol. The summed E-state index contributed by atoms with van der Waals surface area (Å²) >= 11 is 0. The van der Waals surface area contributed by atoms with Crippen LogP contribution in [0.2, 0.25) is 0 Å². The van der Waals surface area contributed by atoms with Gasteiger partial charge in [0.05, 0.1) is 0 Å². The molecule has 0 aromatic rings. The summed E-state index contributed by atoms with van der Waals surface area (Å²) in [7, 11) is 4.23. The van der Waals surface area contributed by atoms with E-state index in [0.29, 0.717) is 5.41 Å². The number of likely N-dealkylation sites (N-methyl/N-ethyl adjacent to an activating group) is 1. The number of rotatable bonds is 5. The average molecular weight is 227 g/mol. The van der Waals surface area contributed by atoms with E-state index in [1.54, 1.807) is 0 Å². The Bertz CT molecular complexity index is 213. The minimum Gasteiger partial charge on any atom is -0.329 e. The van der Waals surface area contributed by atoms with Gasteiger partial charge in [-0.1, -0.05) is 20.3 Å². The van der Waals surface area contributed by atoms with Gasteiger partial charge in [-0.05, 0) is 38.8 Å². The molecule has 0 aliphatic heterocycles. The summed E-state index contributed by atoms with van der Waals surface area (Å²) in [6, 6.07) is 0. The Labute approximate surface area is 101 Å². The highest BCUT2D eigenvalue weighted by molar-refractivity contribution is 4.97. The van der Waals surface area contributed by atoms with Crippen LogP contribution >= 0.6 is 0 Å². The molecule has 1 rings (SSSR count). The zero-order chi connectivity index (χ0) is 12.2. The van der Waals surface area contributed by atoms with Gasteiger partial charge in [-0.15, -0.1) is 0 Å². The van der Waals surface area contributed by atoms with Crippen LogP contribution in [0.1, 0.15) is 39.5 Å². The highest BCUT2D eigenvalue weighted by Crippen LogP contribution is 2.40. The van der Waals surface area contributed by atoms with E-state index in [1.165, 1.54) is 25.7 Å². The predicted molar refractivity (Wildman–Crippen MR) is 70.6 cm³/mol. The van der Waals surface area contributed by atoms with Gasteiger partial charge in [-0.25, -0.2) is 0 Å². The maximum absolute atomic E-state index is 6.00. The SMILES string of the molecule is CN(C)CCNC1(CN)CCCC(C)(C)C1. The fraction of sp³-hybridized carbons (Fsp3) is 1.00. The molecule has 3 heteroatoms. The molecule has 16 heavy (non-hydrogen) atoms. The molecule has 0 bridgehead atoms. The summed E-state index contributed by atoms with van der Waals surface area (Å²) in [5, 5.41) is 3.71. The second kappa shape index (κ2) is 5.48. The first kappa shape index (κ1) is 13.9. The Morgan fingerprint density at radius 2 is 1.94 bits per heavy atom. The van der Waals surface area contributed by atoms with Gasteiger partial charge >= 0.3 is 0 Å². The molecule has 1 aliphatic rings. The molecule has 0 spiro atoms. The molecule has 3 nitrogen and oxygen atoms in total. The van der Waals surface area contributed by atoms with E-state index in [1.807, 2.05) is 0 Å². The summed E-state index contributed by atoms with van der Waals surface area (Å²) in [4.78, 5) is 2.21. The lowest BCUT2D eigenvalue weighted by Crippen LogP contribution is -2.56. The molecule has 0 aromatic carbocycles. The van der Waals surface area contributed by atoms with Crippen molar-refractivity contribution in [3.8, 4) is 0 Å². The fourth-order valence-corrected chi connectivity index (χ4v) is 2.94. The first-order chi connectivity index (χ1) is 7.39. The lowest BCUT2D eigenvalue weighted by molar-refractivity contribution is 0.123. The summed E-state index contributed by atoms with van der Waals surface area (Å²) < 4.78 is 0. The fourth-order valence-electron chi connectivity index (χ4n) is 2.94. The topological polar surface area (TPSA) is 41.3 Å². The van der Waals surface area contributed by atoms with Gasteiger partial charge in [0.1, 0.15) is 0 Å². The van der Waals surface area contributed by atoms with E-state index in [0.717, 1.165) is 19.6 Å². The maximum Gasteiger partial charge on any atom is 0.0309 e. The van der Waals surface area contributed by atoms with Crippen LogP contribution in [0.15, 0.2) is 0 Å². The molecule has 1 unspecified atom stereocenters. The molecule has 96 valence electrons. The predicted octanol–water partition coefficient (Wildman–Crippen LogP) is 1.44. The molecule has 0 amide bonds. The molecule has 1 aliphatic carbocycles. The average Bonchev–Trinajstić information content (AvgIpc) is 2.15. The summed E-state index contributed by atoms with van der Waals surface area (Å²) in [5.74, 6) is 0. The zero-order valence-electron chi connectivity index (χ0n) is 11.5. The van der Waals surface area contributed by atoms with E-state index >= 15 is 0 Å². The first-order valence-electron chi connectivity index (χ1n) is 6.49. The molecule has 0 radical (unpaired) electrons. The molecule has 1 atom stereocenters. The maximum atomic E-state index is 6.00. The van der Waals surface area contributed by atoms with Crippen LogP contribution in [0.5, 0.6) is 0 Å². The van der Waals surface area contributed by atoms with E-state index in [-0.39, 0.29) is 5.54 Å². The number of nitrogens with one attached hydrogen (secondary N) is 1. The monoisotopic (exact) mass is 227 g/mol. The highest BCUT2D eigenvalue weighted by atomic mass is 15.1. The Kier molecular flexibility index (Phi) is 4.77. The molecule has 1 saturated carbocycles. The van der Waals surface area contributed by atoms with Crippen LogP contribution in [-0.2, 0) is 0 Å². The second-order valence-corrected chi connectivity index (χ2v) is 6.41. The zero-order valence-corrected chi connectivity index (χ0v) is 11.5. The summed E-state index contributed by atoms with van der Waals surface area (Å²) in [6.45, 7) is 7.63. The lowest BCUT2D eigenvalue weighted by Gasteiger charge is -2.45. The third kappa shape index (κ3) is 4.04. The van der Waals surface area contributed by atoms with Gasteiger partial charge < -0.3 is 16.0 Å². The van der Waals surface area contributed by atoms with E-state index in [9.17, 15) is 0 Å². The number of nitrogens with zero attached hydrogens (tertiary/aromatic N) is 1. The van der Waals surface area contributed by atoms with Crippen LogP contribution in [0.25, 0.3) is 0 Å². The Morgan fingerprint density at radius 3 is 2.44 bits per heavy atom. The van der Waals surface area contributed by atoms with Crippen LogP contribution < -0.4 is 11.1 Å². The molecule has 0 aromatic heterocycles. The standard InChI is InChI=1S/C13H29N3/c1-12(2)6-5-7-13(10-12,11-14)15-8-9-16(3)4/h15H,5-11,14H2,1-4H3. The highest BCUT2D eigenvalue weighted by Gasteiger charge is 2.38. The van der Waals surface area contributed by atoms with Crippen molar-refractivity contribution < 1.29 is 0 Å². The number of hydrogen-bond acceptors (Lipinski definition) is 3. The van der Waals surface area contributed by atoms with Crippen molar-refractivity contribution in [1.82, 2.24) is 10.2 Å². The Hall–Kier alpha value is -0.120. The minimum atomic E-state index is 0.192. The van der Waals surface area contributed by atoms with Crippen LogP contribution in [0.4, 0.5) is 0 Å². The second-order valence-electron chi connectivity index (χ2n) is 6.41. The van der Waals surface area contributed by atoms with Crippen molar-refractivity contribution in [3.05, 3.63) is 0 Å². The third-order valence-corrected chi connectivity index (χ3v) is 3.78. The third-order valence-electron chi connectivity index (χ3n) is 3.78. The van der Waals surface area contributed by atoms with Crippen molar-refractivity contribution in [3.63, 3.8) is 0 Å². The Balaban J connectivity index is 2.49. The van der Waals surface area contributed by atoms with Gasteiger partial charge in [-0.2, -0.15) is 0 Å². The summed E-state index contributed by atoms with van der Waals surface area (Å²) in [5.41, 5.74) is 6.64. The van der Waals surface area contributed by atoms with Crippen molar-refractivity contribution in [1.29, 1.82) is 0 Å². The largest absolute Gasteiger partial charge is 0.329 e. The molecular formula is C13H29N3. The van der Waals surface area contributed by atoms with Crippen LogP contribution in [0, 0.1) is 5.41 Å². The normalized spacial score (nSPS) is 29.6. The van der Waals surface area contributed by atoms with E-state index < -0.39 is 0 Å². The van der Waals surface area contributed by atoms with Gasteiger partial charge in [0.2, 0.25) is 0 Å². The van der Waals surface area contributed by atoms with Crippen LogP contribution in [0.3, 0.4) is 0 Å². The van der Waals surface area contributed by atoms with Crippen molar-refractivity contribution >= 4 is 0 Å². The van der Waals surface area contributed by atoms with Crippen molar-refractivity contribution in [2.24, 2.45) is 11.1 Å². The molecule has 0 saturated heterocycles. The minimum absolute atomic E-state index is 0.192. The van der Waals surface area contributed by atoms with Gasteiger partial charge in [-0.3, -0.25) is 0 Å². The van der Waals surface area contributed by atoms with Gasteiger partial charge in [0, 0.05) is 25.2 Å². The van der Waals surface area contributed by atoms with Gasteiger partial charge in [0.15, 0.2) is 0 Å². The molecule has 1 fully saturated rings. The van der Waals surface area contributed by atoms with E-state index in [2.05, 4.69) is 38.2 Å². The lowest BCUT2D eigenvalue weighted by atomic mass is 9.68. The smallest absolute Gasteiger partial charge is 0.0309 e. The summed E-state index contributed by atoms with van der Waals surface area (Å²) in [6.07, 6.45) is 5.09. The molecule has 3 N–H and O–H groups in total. The van der Waals surface area contributed by atoms with Crippen LogP contribution in [-0.4, -0.2) is 44.2 Å². The van der Waals surface area contributed by atoms with Crippen molar-refractivity contribution in [2.75, 3.05) is 33.7 Å². The molecule has 0 heterocycles. The first-order valence-corrected chi connectivity index (χ1v) is 6.49. The van der Waals surface area contributed by atoms with Gasteiger partial charge in [0.25, 0.3) is 0 Å². The number of hydrogen-bond donors (Lipinski definition) is 2.